The summed E-state index contributed by atoms with van der Waals surface area (Å²) in [5.41, 5.74) is 1.36. The van der Waals surface area contributed by atoms with E-state index in [1.54, 1.807) is 43.3 Å². The van der Waals surface area contributed by atoms with E-state index in [0.717, 1.165) is 34.9 Å². The highest BCUT2D eigenvalue weighted by atomic mass is 33.1. The molecule has 1 aliphatic rings. The summed E-state index contributed by atoms with van der Waals surface area (Å²) in [6, 6.07) is 13.6. The average molecular weight is 640 g/mol. The van der Waals surface area contributed by atoms with Gasteiger partial charge in [-0.15, -0.1) is 0 Å². The van der Waals surface area contributed by atoms with Crippen molar-refractivity contribution in [3.8, 4) is 11.5 Å². The number of hydrogen-bond donors (Lipinski definition) is 1. The zero-order chi connectivity index (χ0) is 32.2. The van der Waals surface area contributed by atoms with Gasteiger partial charge in [0.25, 0.3) is 11.6 Å². The van der Waals surface area contributed by atoms with E-state index in [-0.39, 0.29) is 34.1 Å². The van der Waals surface area contributed by atoms with Crippen LogP contribution in [0.1, 0.15) is 23.6 Å². The number of amides is 1. The van der Waals surface area contributed by atoms with Gasteiger partial charge in [0, 0.05) is 34.7 Å². The number of rotatable bonds is 12. The predicted octanol–water partition coefficient (Wildman–Crippen LogP) is 4.38. The van der Waals surface area contributed by atoms with E-state index in [9.17, 15) is 33.2 Å². The van der Waals surface area contributed by atoms with Gasteiger partial charge in [0.1, 0.15) is 23.5 Å². The highest BCUT2D eigenvalue weighted by Crippen LogP contribution is 2.41. The van der Waals surface area contributed by atoms with Gasteiger partial charge in [-0.3, -0.25) is 19.9 Å². The first-order valence-corrected chi connectivity index (χ1v) is 16.0. The summed E-state index contributed by atoms with van der Waals surface area (Å²) >= 11 is 0. The Morgan fingerprint density at radius 2 is 1.84 bits per heavy atom. The molecule has 0 radical (unpaired) electrons. The van der Waals surface area contributed by atoms with Crippen LogP contribution in [0.4, 0.5) is 5.69 Å². The third-order valence-corrected chi connectivity index (χ3v) is 10.4. The molecule has 12 nitrogen and oxygen atoms in total. The van der Waals surface area contributed by atoms with Crippen LogP contribution in [0.2, 0.25) is 0 Å². The number of nitro groups is 1. The molecule has 1 fully saturated rings. The van der Waals surface area contributed by atoms with Gasteiger partial charge in [0.05, 0.1) is 16.9 Å². The standard InChI is InChI=1S/C30H29N3O9S2/c1-18(2)27(30(36)42-17-20-7-10-23(41-4)11-8-20)32-28(35)26(31-16-21-15-22(33(37)38)9-14-25(21)34)29(32)43-44(39,40)24-12-5-19(3)6-13-24/h5-16,26-27,29,34H,1,17H2,2-4H3. The third-order valence-electron chi connectivity index (χ3n) is 6.69. The zero-order valence-electron chi connectivity index (χ0n) is 23.9. The number of methoxy groups -OCH3 is 1. The number of nitro benzene ring substituents is 1. The average Bonchev–Trinajstić information content (AvgIpc) is 2.99. The second-order valence-electron chi connectivity index (χ2n) is 9.93. The zero-order valence-corrected chi connectivity index (χ0v) is 25.6. The van der Waals surface area contributed by atoms with Crippen molar-refractivity contribution in [3.05, 3.63) is 106 Å². The first-order chi connectivity index (χ1) is 20.8. The topological polar surface area (TPSA) is 166 Å². The molecule has 3 aromatic carbocycles. The fraction of sp³-hybridized carbons (Fsp3) is 0.233. The Balaban J connectivity index is 1.64. The number of hydrogen-bond acceptors (Lipinski definition) is 11. The monoisotopic (exact) mass is 639 g/mol. The fourth-order valence-corrected chi connectivity index (χ4v) is 7.79. The van der Waals surface area contributed by atoms with Gasteiger partial charge in [-0.05, 0) is 55.3 Å². The van der Waals surface area contributed by atoms with Crippen molar-refractivity contribution in [1.82, 2.24) is 4.90 Å². The number of likely N-dealkylation sites (tertiary alicyclic amines) is 1. The Kier molecular flexibility index (Phi) is 9.75. The van der Waals surface area contributed by atoms with Crippen molar-refractivity contribution >= 4 is 43.4 Å². The molecule has 1 N–H and O–H groups in total. The number of β-lactam (4-membered cyclic amide) rings is 1. The van der Waals surface area contributed by atoms with Crippen LogP contribution in [0.15, 0.2) is 88.8 Å². The molecule has 230 valence electrons. The molecule has 0 bridgehead atoms. The fourth-order valence-electron chi connectivity index (χ4n) is 4.30. The quantitative estimate of drug-likeness (QED) is 0.0571. The summed E-state index contributed by atoms with van der Waals surface area (Å²) in [6.45, 7) is 7.04. The molecule has 3 unspecified atom stereocenters. The molecule has 1 heterocycles. The number of benzene rings is 3. The lowest BCUT2D eigenvalue weighted by atomic mass is 9.99. The normalized spacial score (nSPS) is 17.2. The molecule has 1 aliphatic heterocycles. The molecule has 4 rings (SSSR count). The third kappa shape index (κ3) is 7.09. The molecule has 0 aromatic heterocycles. The van der Waals surface area contributed by atoms with Crippen molar-refractivity contribution in [2.24, 2.45) is 4.99 Å². The number of aromatic hydroxyl groups is 1. The van der Waals surface area contributed by atoms with Crippen LogP contribution in [0, 0.1) is 17.0 Å². The summed E-state index contributed by atoms with van der Waals surface area (Å²) in [7, 11) is -2.12. The first kappa shape index (κ1) is 32.2. The first-order valence-electron chi connectivity index (χ1n) is 13.1. The lowest BCUT2D eigenvalue weighted by Crippen LogP contribution is -2.67. The minimum atomic E-state index is -4.07. The number of nitrogens with zero attached hydrogens (tertiary/aromatic N) is 3. The molecule has 44 heavy (non-hydrogen) atoms. The van der Waals surface area contributed by atoms with Crippen LogP contribution >= 0.6 is 10.8 Å². The van der Waals surface area contributed by atoms with Crippen molar-refractivity contribution < 1.29 is 37.5 Å². The van der Waals surface area contributed by atoms with E-state index in [0.29, 0.717) is 22.1 Å². The minimum Gasteiger partial charge on any atom is -0.507 e. The number of carbonyl (C=O) groups is 2. The maximum atomic E-state index is 13.5. The molecule has 3 atom stereocenters. The molecule has 3 aromatic rings. The van der Waals surface area contributed by atoms with Gasteiger partial charge in [0.15, 0.2) is 12.1 Å². The van der Waals surface area contributed by atoms with Gasteiger partial charge in [-0.1, -0.05) is 36.4 Å². The minimum absolute atomic E-state index is 0.0135. The van der Waals surface area contributed by atoms with Crippen molar-refractivity contribution in [2.75, 3.05) is 7.11 Å². The van der Waals surface area contributed by atoms with E-state index in [4.69, 9.17) is 9.47 Å². The maximum Gasteiger partial charge on any atom is 0.333 e. The Morgan fingerprint density at radius 3 is 2.43 bits per heavy atom. The Morgan fingerprint density at radius 1 is 1.18 bits per heavy atom. The van der Waals surface area contributed by atoms with Crippen LogP contribution in [0.5, 0.6) is 11.5 Å². The molecular formula is C30H29N3O9S2. The van der Waals surface area contributed by atoms with Crippen LogP contribution in [0.3, 0.4) is 0 Å². The second-order valence-corrected chi connectivity index (χ2v) is 13.9. The second kappa shape index (κ2) is 13.3. The summed E-state index contributed by atoms with van der Waals surface area (Å²) in [4.78, 5) is 42.6. The molecule has 14 heteroatoms. The van der Waals surface area contributed by atoms with E-state index >= 15 is 0 Å². The van der Waals surface area contributed by atoms with Crippen LogP contribution in [-0.4, -0.2) is 66.0 Å². The van der Waals surface area contributed by atoms with Gasteiger partial charge in [-0.2, -0.15) is 0 Å². The Bertz CT molecular complexity index is 1720. The van der Waals surface area contributed by atoms with Crippen LogP contribution in [0.25, 0.3) is 0 Å². The number of aliphatic imine (C=N–C) groups is 1. The summed E-state index contributed by atoms with van der Waals surface area (Å²) in [6.07, 6.45) is 1.06. The van der Waals surface area contributed by atoms with Crippen molar-refractivity contribution in [3.63, 3.8) is 0 Å². The number of aryl methyl sites for hydroxylation is 1. The van der Waals surface area contributed by atoms with Crippen LogP contribution in [-0.2, 0) is 29.8 Å². The number of carbonyl (C=O) groups excluding carboxylic acids is 2. The number of non-ortho nitro benzene ring substituents is 1. The molecule has 0 aliphatic carbocycles. The highest BCUT2D eigenvalue weighted by molar-refractivity contribution is 8.72. The smallest absolute Gasteiger partial charge is 0.333 e. The maximum absolute atomic E-state index is 13.5. The molecule has 1 amide bonds. The lowest BCUT2D eigenvalue weighted by Gasteiger charge is -2.47. The summed E-state index contributed by atoms with van der Waals surface area (Å²) in [5.74, 6) is -1.23. The Labute approximate surface area is 257 Å². The summed E-state index contributed by atoms with van der Waals surface area (Å²) < 4.78 is 37.5. The lowest BCUT2D eigenvalue weighted by molar-refractivity contribution is -0.384. The molecular weight excluding hydrogens is 610 g/mol. The summed E-state index contributed by atoms with van der Waals surface area (Å²) in [5, 5.41) is 20.2. The van der Waals surface area contributed by atoms with Gasteiger partial charge >= 0.3 is 5.97 Å². The van der Waals surface area contributed by atoms with E-state index in [1.165, 1.54) is 26.2 Å². The molecule has 0 spiro atoms. The van der Waals surface area contributed by atoms with Gasteiger partial charge < -0.3 is 19.5 Å². The number of phenols is 1. The van der Waals surface area contributed by atoms with Gasteiger partial charge in [-0.25, -0.2) is 13.2 Å². The van der Waals surface area contributed by atoms with Crippen molar-refractivity contribution in [2.45, 2.75) is 42.8 Å². The van der Waals surface area contributed by atoms with Crippen LogP contribution < -0.4 is 4.74 Å². The highest BCUT2D eigenvalue weighted by Gasteiger charge is 2.55. The van der Waals surface area contributed by atoms with E-state index in [2.05, 4.69) is 11.6 Å². The Hall–Kier alpha value is -4.69. The molecule has 0 saturated carbocycles. The number of phenolic OH excluding ortho intramolecular Hbond substituents is 1. The van der Waals surface area contributed by atoms with Gasteiger partial charge in [0.2, 0.25) is 8.87 Å². The largest absolute Gasteiger partial charge is 0.507 e. The molecule has 1 saturated heterocycles. The SMILES string of the molecule is C=C(C)C(C(=O)OCc1ccc(OC)cc1)N1C(=O)C(N=Cc2cc([N+](=O)[O-])ccc2O)C1SS(=O)(=O)c1ccc(C)cc1. The van der Waals surface area contributed by atoms with E-state index in [1.807, 2.05) is 0 Å². The number of ether oxygens (including phenoxy) is 2. The van der Waals surface area contributed by atoms with E-state index < -0.39 is 43.1 Å². The number of esters is 1. The predicted molar refractivity (Wildman–Crippen MR) is 164 cm³/mol. The van der Waals surface area contributed by atoms with Crippen molar-refractivity contribution in [1.29, 1.82) is 0 Å².